The van der Waals surface area contributed by atoms with Gasteiger partial charge < -0.3 is 10.0 Å². The van der Waals surface area contributed by atoms with E-state index in [1.165, 1.54) is 4.31 Å². The van der Waals surface area contributed by atoms with Crippen LogP contribution in [0.5, 0.6) is 0 Å². The highest BCUT2D eigenvalue weighted by molar-refractivity contribution is 7.90. The molecule has 2 aromatic rings. The lowest BCUT2D eigenvalue weighted by Gasteiger charge is -2.53. The number of carbonyl (C=O) groups is 2. The first kappa shape index (κ1) is 29.4. The van der Waals surface area contributed by atoms with Crippen molar-refractivity contribution in [2.75, 3.05) is 13.6 Å². The number of sulfonamides is 1. The van der Waals surface area contributed by atoms with Gasteiger partial charge in [-0.3, -0.25) is 9.59 Å². The Bertz CT molecular complexity index is 1380. The number of piperidine rings is 1. The quantitative estimate of drug-likeness (QED) is 0.332. The van der Waals surface area contributed by atoms with Gasteiger partial charge in [-0.1, -0.05) is 54.4 Å². The van der Waals surface area contributed by atoms with Crippen molar-refractivity contribution in [3.8, 4) is 0 Å². The van der Waals surface area contributed by atoms with Crippen molar-refractivity contribution in [1.29, 1.82) is 0 Å². The Balaban J connectivity index is 1.67. The molecule has 0 radical (unpaired) electrons. The standard InChI is InChI=1S/C30H36Cl2N2O5S/c1-3-30(17-27(35)36)16-25(21-5-4-6-23(32)15-21)28(20-9-11-22(31)12-10-20)34(29(30)37)26(19-7-8-19)18-33(2)40(38,39)24-13-14-24/h4-6,9-12,15,19,24-26,28H,3,7-8,13-14,16-18H2,1-2H3,(H,35,36)/t25?,26?,28-,30-/m1/s1. The molecule has 1 N–H and O–H groups in total. The van der Waals surface area contributed by atoms with Crippen LogP contribution in [0.4, 0.5) is 0 Å². The van der Waals surface area contributed by atoms with Gasteiger partial charge in [-0.15, -0.1) is 0 Å². The summed E-state index contributed by atoms with van der Waals surface area (Å²) in [4.78, 5) is 28.7. The summed E-state index contributed by atoms with van der Waals surface area (Å²) >= 11 is 12.7. The molecule has 7 nitrogen and oxygen atoms in total. The molecule has 10 heteroatoms. The minimum Gasteiger partial charge on any atom is -0.481 e. The van der Waals surface area contributed by atoms with E-state index in [0.717, 1.165) is 24.0 Å². The molecule has 5 rings (SSSR count). The van der Waals surface area contributed by atoms with E-state index in [0.29, 0.717) is 35.7 Å². The molecule has 216 valence electrons. The maximum atomic E-state index is 14.7. The van der Waals surface area contributed by atoms with Crippen molar-refractivity contribution in [1.82, 2.24) is 9.21 Å². The molecular weight excluding hydrogens is 571 g/mol. The van der Waals surface area contributed by atoms with Crippen molar-refractivity contribution in [3.63, 3.8) is 0 Å². The number of nitrogens with zero attached hydrogens (tertiary/aromatic N) is 2. The van der Waals surface area contributed by atoms with Crippen LogP contribution in [0, 0.1) is 11.3 Å². The van der Waals surface area contributed by atoms with Gasteiger partial charge in [0.05, 0.1) is 23.1 Å². The first-order valence-electron chi connectivity index (χ1n) is 14.0. The average Bonchev–Trinajstić information content (AvgIpc) is 3.82. The van der Waals surface area contributed by atoms with Crippen LogP contribution in [-0.4, -0.2) is 59.5 Å². The van der Waals surface area contributed by atoms with Crippen LogP contribution in [0.1, 0.15) is 75.0 Å². The number of halogens is 2. The topological polar surface area (TPSA) is 95.0 Å². The fraction of sp³-hybridized carbons (Fsp3) is 0.533. The van der Waals surface area contributed by atoms with Gasteiger partial charge >= 0.3 is 5.97 Å². The number of amides is 1. The molecule has 2 aromatic carbocycles. The Morgan fingerprint density at radius 2 is 1.75 bits per heavy atom. The first-order chi connectivity index (χ1) is 19.0. The number of likely N-dealkylation sites (tertiary alicyclic amines) is 1. The van der Waals surface area contributed by atoms with Gasteiger partial charge in [0, 0.05) is 35.6 Å². The van der Waals surface area contributed by atoms with E-state index in [-0.39, 0.29) is 36.0 Å². The summed E-state index contributed by atoms with van der Waals surface area (Å²) in [6, 6.07) is 14.1. The summed E-state index contributed by atoms with van der Waals surface area (Å²) in [5.41, 5.74) is 0.658. The summed E-state index contributed by atoms with van der Waals surface area (Å²) in [5, 5.41) is 10.7. The van der Waals surface area contributed by atoms with Crippen molar-refractivity contribution in [2.24, 2.45) is 11.3 Å². The van der Waals surface area contributed by atoms with Crippen molar-refractivity contribution < 1.29 is 23.1 Å². The van der Waals surface area contributed by atoms with E-state index >= 15 is 0 Å². The van der Waals surface area contributed by atoms with Crippen molar-refractivity contribution >= 4 is 45.1 Å². The second-order valence-corrected chi connectivity index (χ2v) is 14.9. The third-order valence-electron chi connectivity index (χ3n) is 8.98. The lowest BCUT2D eigenvalue weighted by molar-refractivity contribution is -0.163. The van der Waals surface area contributed by atoms with Gasteiger partial charge in [0.15, 0.2) is 0 Å². The summed E-state index contributed by atoms with van der Waals surface area (Å²) in [7, 11) is -1.86. The minimum atomic E-state index is -3.47. The highest BCUT2D eigenvalue weighted by atomic mass is 35.5. The van der Waals surface area contributed by atoms with E-state index in [4.69, 9.17) is 23.2 Å². The predicted octanol–water partition coefficient (Wildman–Crippen LogP) is 6.12. The molecule has 0 bridgehead atoms. The van der Waals surface area contributed by atoms with Crippen LogP contribution in [0.25, 0.3) is 0 Å². The fourth-order valence-corrected chi connectivity index (χ4v) is 8.38. The second-order valence-electron chi connectivity index (χ2n) is 11.7. The number of hydrogen-bond acceptors (Lipinski definition) is 4. The molecule has 40 heavy (non-hydrogen) atoms. The first-order valence-corrected chi connectivity index (χ1v) is 16.2. The molecule has 4 atom stereocenters. The monoisotopic (exact) mass is 606 g/mol. The van der Waals surface area contributed by atoms with E-state index < -0.39 is 33.5 Å². The highest BCUT2D eigenvalue weighted by Gasteiger charge is 2.56. The van der Waals surface area contributed by atoms with E-state index in [1.807, 2.05) is 42.2 Å². The maximum absolute atomic E-state index is 14.7. The lowest BCUT2D eigenvalue weighted by atomic mass is 9.64. The molecule has 2 saturated carbocycles. The maximum Gasteiger partial charge on any atom is 0.304 e. The molecule has 3 aliphatic rings. The molecule has 2 unspecified atom stereocenters. The number of likely N-dealkylation sites (N-methyl/N-ethyl adjacent to an activating group) is 1. The third-order valence-corrected chi connectivity index (χ3v) is 11.8. The van der Waals surface area contributed by atoms with Gasteiger partial charge in [0.1, 0.15) is 0 Å². The average molecular weight is 608 g/mol. The molecule has 2 aliphatic carbocycles. The van der Waals surface area contributed by atoms with Crippen LogP contribution in [0.15, 0.2) is 48.5 Å². The van der Waals surface area contributed by atoms with Crippen LogP contribution in [-0.2, 0) is 19.6 Å². The fourth-order valence-electron chi connectivity index (χ4n) is 6.45. The van der Waals surface area contributed by atoms with Gasteiger partial charge in [0.25, 0.3) is 0 Å². The Hall–Kier alpha value is -2.13. The van der Waals surface area contributed by atoms with E-state index in [1.54, 1.807) is 25.2 Å². The Morgan fingerprint density at radius 1 is 1.07 bits per heavy atom. The smallest absolute Gasteiger partial charge is 0.304 e. The SMILES string of the molecule is CC[C@]1(CC(=O)O)CC(c2cccc(Cl)c2)[C@@H](c2ccc(Cl)cc2)N(C(CN(C)S(=O)(=O)C2CC2)C2CC2)C1=O. The largest absolute Gasteiger partial charge is 0.481 e. The van der Waals surface area contributed by atoms with Crippen molar-refractivity contribution in [3.05, 3.63) is 69.7 Å². The number of benzene rings is 2. The number of carbonyl (C=O) groups excluding carboxylic acids is 1. The number of hydrogen-bond donors (Lipinski definition) is 1. The highest BCUT2D eigenvalue weighted by Crippen LogP contribution is 2.55. The Labute approximate surface area is 246 Å². The summed E-state index contributed by atoms with van der Waals surface area (Å²) in [6.07, 6.45) is 3.49. The van der Waals surface area contributed by atoms with Crippen LogP contribution < -0.4 is 0 Å². The predicted molar refractivity (Wildman–Crippen MR) is 156 cm³/mol. The molecule has 1 saturated heterocycles. The molecule has 0 spiro atoms. The number of carboxylic acids is 1. The zero-order valence-electron chi connectivity index (χ0n) is 22.8. The summed E-state index contributed by atoms with van der Waals surface area (Å²) in [6.45, 7) is 2.04. The van der Waals surface area contributed by atoms with Crippen molar-refractivity contribution in [2.45, 2.75) is 75.1 Å². The van der Waals surface area contributed by atoms with Gasteiger partial charge in [-0.25, -0.2) is 12.7 Å². The number of aliphatic carboxylic acids is 1. The Kier molecular flexibility index (Phi) is 8.28. The van der Waals surface area contributed by atoms with Gasteiger partial charge in [-0.05, 0) is 79.8 Å². The van der Waals surface area contributed by atoms with Crippen LogP contribution in [0.3, 0.4) is 0 Å². The van der Waals surface area contributed by atoms with Crippen LogP contribution in [0.2, 0.25) is 10.0 Å². The van der Waals surface area contributed by atoms with E-state index in [2.05, 4.69) is 0 Å². The summed E-state index contributed by atoms with van der Waals surface area (Å²) < 4.78 is 27.8. The molecule has 1 aliphatic heterocycles. The minimum absolute atomic E-state index is 0.132. The van der Waals surface area contributed by atoms with Gasteiger partial charge in [-0.2, -0.15) is 0 Å². The number of carboxylic acid groups (broad SMARTS) is 1. The van der Waals surface area contributed by atoms with E-state index in [9.17, 15) is 23.1 Å². The summed E-state index contributed by atoms with van der Waals surface area (Å²) in [5.74, 6) is -1.37. The second kappa shape index (κ2) is 11.3. The third kappa shape index (κ3) is 5.78. The normalized spacial score (nSPS) is 26.2. The zero-order valence-corrected chi connectivity index (χ0v) is 25.1. The lowest BCUT2D eigenvalue weighted by Crippen LogP contribution is -2.59. The molecular formula is C30H36Cl2N2O5S. The molecule has 1 heterocycles. The molecule has 1 amide bonds. The molecule has 3 fully saturated rings. The zero-order chi connectivity index (χ0) is 28.8. The molecule has 0 aromatic heterocycles. The number of rotatable bonds is 11. The Morgan fingerprint density at radius 3 is 2.30 bits per heavy atom. The van der Waals surface area contributed by atoms with Gasteiger partial charge in [0.2, 0.25) is 15.9 Å². The van der Waals surface area contributed by atoms with Crippen LogP contribution >= 0.6 is 23.2 Å².